The molecule has 0 unspecified atom stereocenters. The molecule has 0 saturated carbocycles. The summed E-state index contributed by atoms with van der Waals surface area (Å²) in [6.45, 7) is 5.98. The topological polar surface area (TPSA) is 3.24 Å². The van der Waals surface area contributed by atoms with Gasteiger partial charge in [-0.3, -0.25) is 0 Å². The van der Waals surface area contributed by atoms with Crippen LogP contribution in [0.2, 0.25) is 0 Å². The second-order valence-corrected chi connectivity index (χ2v) is 10.6. The highest BCUT2D eigenvalue weighted by atomic mass is 15.1. The molecule has 1 heterocycles. The lowest BCUT2D eigenvalue weighted by atomic mass is 9.62. The Morgan fingerprint density at radius 1 is 0.744 bits per heavy atom. The van der Waals surface area contributed by atoms with E-state index in [4.69, 9.17) is 0 Å². The van der Waals surface area contributed by atoms with Crippen molar-refractivity contribution in [3.05, 3.63) is 174 Å². The molecule has 0 fully saturated rings. The average Bonchev–Trinajstić information content (AvgIpc) is 3.27. The number of aryl methyl sites for hydroxylation is 1. The Balaban J connectivity index is 1.55. The van der Waals surface area contributed by atoms with E-state index in [2.05, 4.69) is 134 Å². The lowest BCUT2D eigenvalue weighted by molar-refractivity contribution is 0.686. The summed E-state index contributed by atoms with van der Waals surface area (Å²) in [6, 6.07) is 34.0. The molecule has 0 saturated heterocycles. The maximum absolute atomic E-state index is 3.81. The molecule has 0 amide bonds. The highest BCUT2D eigenvalue weighted by molar-refractivity contribution is 5.96. The van der Waals surface area contributed by atoms with Gasteiger partial charge in [-0.15, -0.1) is 0 Å². The second kappa shape index (κ2) is 9.29. The Morgan fingerprint density at radius 2 is 1.49 bits per heavy atom. The maximum atomic E-state index is 3.81. The molecular weight excluding hydrogens is 470 g/mol. The summed E-state index contributed by atoms with van der Waals surface area (Å²) in [5.74, 6) is 0. The van der Waals surface area contributed by atoms with E-state index in [0.717, 1.165) is 12.8 Å². The summed E-state index contributed by atoms with van der Waals surface area (Å²) >= 11 is 0. The molecule has 188 valence electrons. The number of para-hydroxylation sites is 2. The van der Waals surface area contributed by atoms with Crippen LogP contribution in [-0.2, 0) is 5.41 Å². The lowest BCUT2D eigenvalue weighted by Gasteiger charge is -2.45. The number of hydrogen-bond donors (Lipinski definition) is 0. The van der Waals surface area contributed by atoms with Gasteiger partial charge in [-0.05, 0) is 88.6 Å². The van der Waals surface area contributed by atoms with Crippen LogP contribution in [0, 0.1) is 6.92 Å². The predicted molar refractivity (Wildman–Crippen MR) is 165 cm³/mol. The molecule has 1 heteroatoms. The molecular formula is C38H31N. The van der Waals surface area contributed by atoms with Crippen molar-refractivity contribution in [3.8, 4) is 11.1 Å². The van der Waals surface area contributed by atoms with Gasteiger partial charge in [0.1, 0.15) is 0 Å². The zero-order valence-corrected chi connectivity index (χ0v) is 22.3. The SMILES string of the molecule is C=C/C=C\C=C/N1c2ccccc2C2(C3=C(C=CCC3)c3ccc(-c4cccc(C)c4)cc32)c2ccccc21. The van der Waals surface area contributed by atoms with Crippen LogP contribution in [0.25, 0.3) is 16.7 Å². The van der Waals surface area contributed by atoms with Crippen LogP contribution in [-0.4, -0.2) is 0 Å². The number of hydrogen-bond acceptors (Lipinski definition) is 1. The molecule has 3 aliphatic rings. The van der Waals surface area contributed by atoms with Crippen LogP contribution in [0.5, 0.6) is 0 Å². The highest BCUT2D eigenvalue weighted by Crippen LogP contribution is 2.63. The molecule has 0 atom stereocenters. The number of rotatable bonds is 4. The van der Waals surface area contributed by atoms with E-state index in [1.54, 1.807) is 0 Å². The van der Waals surface area contributed by atoms with Crippen molar-refractivity contribution in [3.63, 3.8) is 0 Å². The molecule has 0 radical (unpaired) electrons. The molecule has 1 aliphatic heterocycles. The first-order valence-electron chi connectivity index (χ1n) is 13.8. The molecule has 0 N–H and O–H groups in total. The Labute approximate surface area is 231 Å². The summed E-state index contributed by atoms with van der Waals surface area (Å²) in [5, 5.41) is 0. The number of fused-ring (bicyclic) bond motifs is 8. The summed E-state index contributed by atoms with van der Waals surface area (Å²) in [6.07, 6.45) is 16.9. The largest absolute Gasteiger partial charge is 0.317 e. The van der Waals surface area contributed by atoms with Gasteiger partial charge >= 0.3 is 0 Å². The first kappa shape index (κ1) is 23.5. The van der Waals surface area contributed by atoms with Gasteiger partial charge in [-0.1, -0.05) is 115 Å². The van der Waals surface area contributed by atoms with Crippen molar-refractivity contribution in [2.24, 2.45) is 0 Å². The van der Waals surface area contributed by atoms with E-state index < -0.39 is 0 Å². The zero-order chi connectivity index (χ0) is 26.4. The number of benzene rings is 4. The monoisotopic (exact) mass is 501 g/mol. The molecule has 1 spiro atoms. The van der Waals surface area contributed by atoms with E-state index >= 15 is 0 Å². The number of allylic oxidation sites excluding steroid dienone is 8. The van der Waals surface area contributed by atoms with Crippen LogP contribution in [0.4, 0.5) is 11.4 Å². The number of anilines is 2. The van der Waals surface area contributed by atoms with Crippen molar-refractivity contribution in [2.75, 3.05) is 4.90 Å². The van der Waals surface area contributed by atoms with Gasteiger partial charge in [-0.25, -0.2) is 0 Å². The molecule has 4 aromatic carbocycles. The van der Waals surface area contributed by atoms with E-state index in [-0.39, 0.29) is 5.41 Å². The van der Waals surface area contributed by atoms with Gasteiger partial charge in [-0.2, -0.15) is 0 Å². The Kier molecular flexibility index (Phi) is 5.60. The fourth-order valence-corrected chi connectivity index (χ4v) is 6.89. The van der Waals surface area contributed by atoms with Crippen molar-refractivity contribution in [2.45, 2.75) is 25.2 Å². The van der Waals surface area contributed by atoms with Crippen molar-refractivity contribution < 1.29 is 0 Å². The Bertz CT molecular complexity index is 1690. The van der Waals surface area contributed by atoms with E-state index in [9.17, 15) is 0 Å². The third kappa shape index (κ3) is 3.47. The van der Waals surface area contributed by atoms with Crippen LogP contribution in [0.1, 0.15) is 40.7 Å². The molecule has 0 aromatic heterocycles. The van der Waals surface area contributed by atoms with Crippen LogP contribution in [0.15, 0.2) is 146 Å². The van der Waals surface area contributed by atoms with E-state index in [0.29, 0.717) is 0 Å². The molecule has 2 aliphatic carbocycles. The van der Waals surface area contributed by atoms with Crippen molar-refractivity contribution >= 4 is 16.9 Å². The minimum Gasteiger partial charge on any atom is -0.317 e. The molecule has 1 nitrogen and oxygen atoms in total. The second-order valence-electron chi connectivity index (χ2n) is 10.6. The molecule has 0 bridgehead atoms. The maximum Gasteiger partial charge on any atom is 0.0717 e. The smallest absolute Gasteiger partial charge is 0.0717 e. The van der Waals surface area contributed by atoms with Crippen molar-refractivity contribution in [1.29, 1.82) is 0 Å². The van der Waals surface area contributed by atoms with Gasteiger partial charge in [0.25, 0.3) is 0 Å². The van der Waals surface area contributed by atoms with E-state index in [1.807, 2.05) is 18.2 Å². The van der Waals surface area contributed by atoms with Gasteiger partial charge in [0.15, 0.2) is 0 Å². The third-order valence-corrected chi connectivity index (χ3v) is 8.42. The third-order valence-electron chi connectivity index (χ3n) is 8.42. The summed E-state index contributed by atoms with van der Waals surface area (Å²) < 4.78 is 0. The number of nitrogens with zero attached hydrogens (tertiary/aromatic N) is 1. The van der Waals surface area contributed by atoms with Crippen LogP contribution in [0.3, 0.4) is 0 Å². The Morgan fingerprint density at radius 3 is 2.23 bits per heavy atom. The van der Waals surface area contributed by atoms with Crippen LogP contribution >= 0.6 is 0 Å². The fourth-order valence-electron chi connectivity index (χ4n) is 6.89. The van der Waals surface area contributed by atoms with Crippen LogP contribution < -0.4 is 4.90 Å². The standard InChI is InChI=1S/C38H31N/c1-3-4-5-12-24-39-36-20-10-8-18-33(36)38(34-19-9-11-21-37(34)39)32-17-7-6-16-30(32)31-23-22-29(26-35(31)38)28-15-13-14-27(2)25-28/h3-6,8-16,18-26H,1,7,17H2,2H3/b5-4-,24-12-. The summed E-state index contributed by atoms with van der Waals surface area (Å²) in [4.78, 5) is 2.35. The quantitative estimate of drug-likeness (QED) is 0.252. The highest BCUT2D eigenvalue weighted by Gasteiger charge is 2.52. The molecule has 39 heavy (non-hydrogen) atoms. The lowest BCUT2D eigenvalue weighted by Crippen LogP contribution is -2.37. The summed E-state index contributed by atoms with van der Waals surface area (Å²) in [5.41, 5.74) is 14.3. The fraction of sp³-hybridized carbons (Fsp3) is 0.105. The van der Waals surface area contributed by atoms with Gasteiger partial charge in [0.2, 0.25) is 0 Å². The first-order chi connectivity index (χ1) is 19.2. The van der Waals surface area contributed by atoms with Gasteiger partial charge in [0, 0.05) is 6.20 Å². The van der Waals surface area contributed by atoms with Gasteiger partial charge in [0.05, 0.1) is 16.8 Å². The zero-order valence-electron chi connectivity index (χ0n) is 22.3. The molecule has 4 aromatic rings. The summed E-state index contributed by atoms with van der Waals surface area (Å²) in [7, 11) is 0. The average molecular weight is 502 g/mol. The predicted octanol–water partition coefficient (Wildman–Crippen LogP) is 9.82. The minimum absolute atomic E-state index is 0.330. The minimum atomic E-state index is -0.330. The van der Waals surface area contributed by atoms with Gasteiger partial charge < -0.3 is 4.90 Å². The van der Waals surface area contributed by atoms with Crippen molar-refractivity contribution in [1.82, 2.24) is 0 Å². The first-order valence-corrected chi connectivity index (χ1v) is 13.8. The molecule has 7 rings (SSSR count). The van der Waals surface area contributed by atoms with E-state index in [1.165, 1.54) is 61.5 Å². The Hall–Kier alpha value is -4.62. The normalized spacial score (nSPS) is 16.5.